The average molecular weight is 325 g/mol. The zero-order valence-corrected chi connectivity index (χ0v) is 13.3. The molecule has 2 aromatic carbocycles. The predicted molar refractivity (Wildman–Crippen MR) is 90.9 cm³/mol. The standard InChI is InChI=1S/C17H15N3O2S/c1-2-22-15-9-5-13(6-10-15)17(21)19-14-7-3-12(4-8-14)16-11-18-20-23-16/h3-11H,2H2,1H3,(H,19,21). The van der Waals surface area contributed by atoms with Crippen molar-refractivity contribution in [3.05, 3.63) is 60.3 Å². The molecule has 1 N–H and O–H groups in total. The summed E-state index contributed by atoms with van der Waals surface area (Å²) in [6.07, 6.45) is 1.72. The van der Waals surface area contributed by atoms with Crippen molar-refractivity contribution in [1.29, 1.82) is 0 Å². The van der Waals surface area contributed by atoms with Crippen molar-refractivity contribution < 1.29 is 9.53 Å². The Morgan fingerprint density at radius 3 is 2.48 bits per heavy atom. The number of rotatable bonds is 5. The molecule has 23 heavy (non-hydrogen) atoms. The fraction of sp³-hybridized carbons (Fsp3) is 0.118. The number of carbonyl (C=O) groups is 1. The molecule has 0 bridgehead atoms. The van der Waals surface area contributed by atoms with Crippen molar-refractivity contribution in [3.8, 4) is 16.2 Å². The molecule has 6 heteroatoms. The molecule has 0 saturated carbocycles. The second-order valence-electron chi connectivity index (χ2n) is 4.77. The van der Waals surface area contributed by atoms with E-state index in [1.165, 1.54) is 11.5 Å². The summed E-state index contributed by atoms with van der Waals surface area (Å²) in [5.41, 5.74) is 2.35. The lowest BCUT2D eigenvalue weighted by Crippen LogP contribution is -2.11. The van der Waals surface area contributed by atoms with E-state index in [0.717, 1.165) is 21.9 Å². The molecule has 1 amide bonds. The van der Waals surface area contributed by atoms with Crippen LogP contribution in [0, 0.1) is 0 Å². The molecule has 0 aliphatic heterocycles. The molecule has 1 aromatic heterocycles. The molecule has 5 nitrogen and oxygen atoms in total. The maximum absolute atomic E-state index is 12.2. The molecule has 1 heterocycles. The summed E-state index contributed by atoms with van der Waals surface area (Å²) in [6, 6.07) is 14.7. The first kappa shape index (κ1) is 15.2. The lowest BCUT2D eigenvalue weighted by Gasteiger charge is -2.07. The highest BCUT2D eigenvalue weighted by Crippen LogP contribution is 2.23. The summed E-state index contributed by atoms with van der Waals surface area (Å²) < 4.78 is 9.21. The molecule has 3 rings (SSSR count). The van der Waals surface area contributed by atoms with Gasteiger partial charge in [0.1, 0.15) is 5.75 Å². The number of aromatic nitrogens is 2. The first-order chi connectivity index (χ1) is 11.3. The van der Waals surface area contributed by atoms with Gasteiger partial charge in [0, 0.05) is 11.3 Å². The van der Waals surface area contributed by atoms with Crippen LogP contribution in [-0.4, -0.2) is 22.1 Å². The Hall–Kier alpha value is -2.73. The van der Waals surface area contributed by atoms with Crippen molar-refractivity contribution in [2.24, 2.45) is 0 Å². The van der Waals surface area contributed by atoms with E-state index >= 15 is 0 Å². The largest absolute Gasteiger partial charge is 0.494 e. The van der Waals surface area contributed by atoms with E-state index in [-0.39, 0.29) is 5.91 Å². The number of ether oxygens (including phenoxy) is 1. The van der Waals surface area contributed by atoms with Crippen LogP contribution in [0.15, 0.2) is 54.7 Å². The molecule has 0 fully saturated rings. The lowest BCUT2D eigenvalue weighted by atomic mass is 10.1. The Bertz CT molecular complexity index is 769. The summed E-state index contributed by atoms with van der Waals surface area (Å²) in [5.74, 6) is 0.604. The molecule has 0 aliphatic rings. The second-order valence-corrected chi connectivity index (χ2v) is 5.56. The summed E-state index contributed by atoms with van der Waals surface area (Å²) in [6.45, 7) is 2.53. The Labute approximate surface area is 138 Å². The van der Waals surface area contributed by atoms with Gasteiger partial charge in [-0.15, -0.1) is 5.10 Å². The normalized spacial score (nSPS) is 10.3. The van der Waals surface area contributed by atoms with Crippen molar-refractivity contribution in [2.75, 3.05) is 11.9 Å². The summed E-state index contributed by atoms with van der Waals surface area (Å²) >= 11 is 1.34. The number of amides is 1. The van der Waals surface area contributed by atoms with Crippen molar-refractivity contribution in [2.45, 2.75) is 6.92 Å². The number of nitrogens with zero attached hydrogens (tertiary/aromatic N) is 2. The number of anilines is 1. The van der Waals surface area contributed by atoms with E-state index in [0.29, 0.717) is 12.2 Å². The van der Waals surface area contributed by atoms with Crippen LogP contribution in [0.1, 0.15) is 17.3 Å². The number of hydrogen-bond acceptors (Lipinski definition) is 5. The number of hydrogen-bond donors (Lipinski definition) is 1. The van der Waals surface area contributed by atoms with Crippen LogP contribution in [0.3, 0.4) is 0 Å². The molecule has 0 aliphatic carbocycles. The Morgan fingerprint density at radius 1 is 1.13 bits per heavy atom. The minimum Gasteiger partial charge on any atom is -0.494 e. The minimum atomic E-state index is -0.153. The monoisotopic (exact) mass is 325 g/mol. The van der Waals surface area contributed by atoms with Gasteiger partial charge in [0.15, 0.2) is 0 Å². The first-order valence-electron chi connectivity index (χ1n) is 7.18. The van der Waals surface area contributed by atoms with Gasteiger partial charge in [-0.1, -0.05) is 16.6 Å². The zero-order chi connectivity index (χ0) is 16.1. The van der Waals surface area contributed by atoms with Crippen LogP contribution < -0.4 is 10.1 Å². The Kier molecular flexibility index (Phi) is 4.63. The third-order valence-corrected chi connectivity index (χ3v) is 3.93. The summed E-state index contributed by atoms with van der Waals surface area (Å²) in [5, 5.41) is 6.69. The maximum atomic E-state index is 12.2. The lowest BCUT2D eigenvalue weighted by molar-refractivity contribution is 0.102. The van der Waals surface area contributed by atoms with Gasteiger partial charge in [0.25, 0.3) is 5.91 Å². The van der Waals surface area contributed by atoms with E-state index in [4.69, 9.17) is 4.74 Å². The van der Waals surface area contributed by atoms with Crippen molar-refractivity contribution in [3.63, 3.8) is 0 Å². The van der Waals surface area contributed by atoms with Gasteiger partial charge in [-0.25, -0.2) is 0 Å². The van der Waals surface area contributed by atoms with Crippen LogP contribution in [-0.2, 0) is 0 Å². The van der Waals surface area contributed by atoms with E-state index < -0.39 is 0 Å². The van der Waals surface area contributed by atoms with Gasteiger partial charge in [0.05, 0.1) is 17.7 Å². The molecule has 3 aromatic rings. The molecule has 0 saturated heterocycles. The van der Waals surface area contributed by atoms with Crippen LogP contribution in [0.2, 0.25) is 0 Å². The maximum Gasteiger partial charge on any atom is 0.255 e. The van der Waals surface area contributed by atoms with Crippen LogP contribution in [0.25, 0.3) is 10.4 Å². The third kappa shape index (κ3) is 3.73. The number of benzene rings is 2. The topological polar surface area (TPSA) is 64.1 Å². The Balaban J connectivity index is 1.67. The summed E-state index contributed by atoms with van der Waals surface area (Å²) in [7, 11) is 0. The van der Waals surface area contributed by atoms with E-state index in [9.17, 15) is 4.79 Å². The minimum absolute atomic E-state index is 0.153. The SMILES string of the molecule is CCOc1ccc(C(=O)Nc2ccc(-c3cnns3)cc2)cc1. The molecule has 116 valence electrons. The van der Waals surface area contributed by atoms with E-state index in [1.807, 2.05) is 31.2 Å². The molecular weight excluding hydrogens is 310 g/mol. The fourth-order valence-corrected chi connectivity index (χ4v) is 2.60. The van der Waals surface area contributed by atoms with Gasteiger partial charge in [0.2, 0.25) is 0 Å². The highest BCUT2D eigenvalue weighted by molar-refractivity contribution is 7.09. The predicted octanol–water partition coefficient (Wildman–Crippen LogP) is 3.86. The average Bonchev–Trinajstić information content (AvgIpc) is 3.11. The fourth-order valence-electron chi connectivity index (χ4n) is 2.08. The van der Waals surface area contributed by atoms with Gasteiger partial charge in [-0.3, -0.25) is 4.79 Å². The summed E-state index contributed by atoms with van der Waals surface area (Å²) in [4.78, 5) is 13.2. The third-order valence-electron chi connectivity index (χ3n) is 3.22. The smallest absolute Gasteiger partial charge is 0.255 e. The molecule has 0 atom stereocenters. The Morgan fingerprint density at radius 2 is 1.87 bits per heavy atom. The van der Waals surface area contributed by atoms with E-state index in [2.05, 4.69) is 14.9 Å². The quantitative estimate of drug-likeness (QED) is 0.774. The zero-order valence-electron chi connectivity index (χ0n) is 12.5. The van der Waals surface area contributed by atoms with Crippen LogP contribution in [0.5, 0.6) is 5.75 Å². The van der Waals surface area contributed by atoms with Crippen molar-refractivity contribution in [1.82, 2.24) is 9.59 Å². The molecular formula is C17H15N3O2S. The molecule has 0 spiro atoms. The van der Waals surface area contributed by atoms with Gasteiger partial charge in [-0.2, -0.15) is 0 Å². The van der Waals surface area contributed by atoms with Gasteiger partial charge < -0.3 is 10.1 Å². The molecule has 0 radical (unpaired) electrons. The van der Waals surface area contributed by atoms with Crippen LogP contribution >= 0.6 is 11.5 Å². The van der Waals surface area contributed by atoms with E-state index in [1.54, 1.807) is 30.5 Å². The van der Waals surface area contributed by atoms with Crippen LogP contribution in [0.4, 0.5) is 5.69 Å². The number of carbonyl (C=O) groups excluding carboxylic acids is 1. The van der Waals surface area contributed by atoms with Gasteiger partial charge in [-0.05, 0) is 60.4 Å². The molecule has 0 unspecified atom stereocenters. The van der Waals surface area contributed by atoms with Gasteiger partial charge >= 0.3 is 0 Å². The first-order valence-corrected chi connectivity index (χ1v) is 7.95. The van der Waals surface area contributed by atoms with Crippen molar-refractivity contribution >= 4 is 23.1 Å². The highest BCUT2D eigenvalue weighted by Gasteiger charge is 2.07. The number of nitrogens with one attached hydrogen (secondary N) is 1. The highest BCUT2D eigenvalue weighted by atomic mass is 32.1. The second kappa shape index (κ2) is 7.02.